The molecule has 0 radical (unpaired) electrons. The molecule has 1 aliphatic heterocycles. The van der Waals surface area contributed by atoms with E-state index in [1.54, 1.807) is 0 Å². The van der Waals surface area contributed by atoms with Gasteiger partial charge in [0.15, 0.2) is 0 Å². The summed E-state index contributed by atoms with van der Waals surface area (Å²) in [4.78, 5) is 0. The maximum absolute atomic E-state index is 6.37. The summed E-state index contributed by atoms with van der Waals surface area (Å²) in [5, 5.41) is 0.727. The van der Waals surface area contributed by atoms with Crippen molar-refractivity contribution < 1.29 is 4.74 Å². The van der Waals surface area contributed by atoms with E-state index in [1.165, 1.54) is 5.56 Å². The van der Waals surface area contributed by atoms with Gasteiger partial charge in [-0.15, -0.1) is 0 Å². The molecular formula is C16H16ClNO. The molecule has 19 heavy (non-hydrogen) atoms. The Labute approximate surface area is 118 Å². The molecule has 0 saturated carbocycles. The van der Waals surface area contributed by atoms with Crippen molar-refractivity contribution in [2.45, 2.75) is 19.4 Å². The van der Waals surface area contributed by atoms with E-state index in [1.807, 2.05) is 18.2 Å². The number of halogens is 1. The van der Waals surface area contributed by atoms with Gasteiger partial charge in [-0.25, -0.2) is 0 Å². The van der Waals surface area contributed by atoms with E-state index < -0.39 is 0 Å². The van der Waals surface area contributed by atoms with E-state index in [0.29, 0.717) is 6.54 Å². The van der Waals surface area contributed by atoms with E-state index in [0.717, 1.165) is 46.9 Å². The molecule has 2 aromatic rings. The molecule has 1 heterocycles. The van der Waals surface area contributed by atoms with Crippen LogP contribution in [0.1, 0.15) is 17.5 Å². The van der Waals surface area contributed by atoms with E-state index in [4.69, 9.17) is 22.1 Å². The lowest BCUT2D eigenvalue weighted by Gasteiger charge is -2.21. The second kappa shape index (κ2) is 5.24. The quantitative estimate of drug-likeness (QED) is 0.903. The average Bonchev–Trinajstić information content (AvgIpc) is 2.46. The van der Waals surface area contributed by atoms with Gasteiger partial charge in [0.05, 0.1) is 6.61 Å². The summed E-state index contributed by atoms with van der Waals surface area (Å²) in [5.74, 6) is 0.983. The Morgan fingerprint density at radius 1 is 1.16 bits per heavy atom. The van der Waals surface area contributed by atoms with Crippen LogP contribution in [0.3, 0.4) is 0 Å². The summed E-state index contributed by atoms with van der Waals surface area (Å²) in [5.41, 5.74) is 10.0. The van der Waals surface area contributed by atoms with Crippen molar-refractivity contribution in [3.8, 4) is 16.9 Å². The smallest absolute Gasteiger partial charge is 0.130 e. The zero-order valence-electron chi connectivity index (χ0n) is 10.7. The van der Waals surface area contributed by atoms with Crippen LogP contribution in [-0.4, -0.2) is 6.61 Å². The molecular weight excluding hydrogens is 258 g/mol. The van der Waals surface area contributed by atoms with Gasteiger partial charge in [-0.2, -0.15) is 0 Å². The van der Waals surface area contributed by atoms with Gasteiger partial charge in [-0.1, -0.05) is 41.9 Å². The number of para-hydroxylation sites is 1. The van der Waals surface area contributed by atoms with Gasteiger partial charge in [0, 0.05) is 22.7 Å². The van der Waals surface area contributed by atoms with Gasteiger partial charge in [0.1, 0.15) is 5.75 Å². The molecule has 1 aliphatic rings. The molecule has 0 aliphatic carbocycles. The first kappa shape index (κ1) is 12.5. The second-order valence-electron chi connectivity index (χ2n) is 4.76. The monoisotopic (exact) mass is 273 g/mol. The standard InChI is InChI=1S/C16H16ClNO/c17-15-9-11(10-18)6-7-13(15)14-5-1-3-12-4-2-8-19-16(12)14/h1,3,5-7,9H,2,4,8,10,18H2. The van der Waals surface area contributed by atoms with Gasteiger partial charge in [0.2, 0.25) is 0 Å². The molecule has 0 saturated heterocycles. The number of aryl methyl sites for hydroxylation is 1. The molecule has 0 bridgehead atoms. The second-order valence-corrected chi connectivity index (χ2v) is 5.17. The van der Waals surface area contributed by atoms with E-state index in [2.05, 4.69) is 18.2 Å². The minimum atomic E-state index is 0.503. The molecule has 98 valence electrons. The highest BCUT2D eigenvalue weighted by Crippen LogP contribution is 2.39. The van der Waals surface area contributed by atoms with Crippen LogP contribution in [-0.2, 0) is 13.0 Å². The maximum Gasteiger partial charge on any atom is 0.130 e. The van der Waals surface area contributed by atoms with Crippen molar-refractivity contribution >= 4 is 11.6 Å². The third-order valence-corrected chi connectivity index (χ3v) is 3.81. The Kier molecular flexibility index (Phi) is 3.45. The lowest BCUT2D eigenvalue weighted by Crippen LogP contribution is -2.09. The Balaban J connectivity index is 2.12. The predicted octanol–water partition coefficient (Wildman–Crippen LogP) is 3.79. The van der Waals surface area contributed by atoms with E-state index in [9.17, 15) is 0 Å². The van der Waals surface area contributed by atoms with Crippen LogP contribution < -0.4 is 10.5 Å². The fourth-order valence-corrected chi connectivity index (χ4v) is 2.81. The third-order valence-electron chi connectivity index (χ3n) is 3.49. The summed E-state index contributed by atoms with van der Waals surface area (Å²) in [6, 6.07) is 12.2. The minimum absolute atomic E-state index is 0.503. The van der Waals surface area contributed by atoms with Crippen molar-refractivity contribution in [1.29, 1.82) is 0 Å². The number of ether oxygens (including phenoxy) is 1. The average molecular weight is 274 g/mol. The highest BCUT2D eigenvalue weighted by Gasteiger charge is 2.16. The largest absolute Gasteiger partial charge is 0.493 e. The van der Waals surface area contributed by atoms with Crippen molar-refractivity contribution in [2.75, 3.05) is 6.61 Å². The molecule has 0 atom stereocenters. The number of benzene rings is 2. The van der Waals surface area contributed by atoms with Crippen LogP contribution in [0.2, 0.25) is 5.02 Å². The lowest BCUT2D eigenvalue weighted by atomic mass is 9.97. The topological polar surface area (TPSA) is 35.2 Å². The predicted molar refractivity (Wildman–Crippen MR) is 78.6 cm³/mol. The highest BCUT2D eigenvalue weighted by atomic mass is 35.5. The summed E-state index contributed by atoms with van der Waals surface area (Å²) < 4.78 is 5.84. The Hall–Kier alpha value is -1.51. The first-order valence-corrected chi connectivity index (χ1v) is 6.91. The zero-order valence-corrected chi connectivity index (χ0v) is 11.4. The molecule has 3 heteroatoms. The van der Waals surface area contributed by atoms with Crippen LogP contribution in [0.4, 0.5) is 0 Å². The van der Waals surface area contributed by atoms with Crippen LogP contribution in [0.15, 0.2) is 36.4 Å². The number of hydrogen-bond acceptors (Lipinski definition) is 2. The Morgan fingerprint density at radius 3 is 2.84 bits per heavy atom. The van der Waals surface area contributed by atoms with Gasteiger partial charge in [0.25, 0.3) is 0 Å². The molecule has 0 unspecified atom stereocenters. The maximum atomic E-state index is 6.37. The van der Waals surface area contributed by atoms with Gasteiger partial charge in [-0.3, -0.25) is 0 Å². The normalized spacial score (nSPS) is 13.8. The fraction of sp³-hybridized carbons (Fsp3) is 0.250. The van der Waals surface area contributed by atoms with E-state index >= 15 is 0 Å². The molecule has 2 N–H and O–H groups in total. The van der Waals surface area contributed by atoms with Crippen LogP contribution >= 0.6 is 11.6 Å². The third kappa shape index (κ3) is 2.34. The van der Waals surface area contributed by atoms with Crippen molar-refractivity contribution in [3.63, 3.8) is 0 Å². The lowest BCUT2D eigenvalue weighted by molar-refractivity contribution is 0.289. The summed E-state index contributed by atoms with van der Waals surface area (Å²) in [6.45, 7) is 1.28. The van der Waals surface area contributed by atoms with Gasteiger partial charge < -0.3 is 10.5 Å². The SMILES string of the molecule is NCc1ccc(-c2cccc3c2OCCC3)c(Cl)c1. The number of hydrogen-bond donors (Lipinski definition) is 1. The number of rotatable bonds is 2. The molecule has 0 spiro atoms. The molecule has 3 rings (SSSR count). The van der Waals surface area contributed by atoms with Crippen LogP contribution in [0, 0.1) is 0 Å². The molecule has 0 fully saturated rings. The van der Waals surface area contributed by atoms with Crippen LogP contribution in [0.5, 0.6) is 5.75 Å². The van der Waals surface area contributed by atoms with Crippen LogP contribution in [0.25, 0.3) is 11.1 Å². The summed E-state index contributed by atoms with van der Waals surface area (Å²) in [6.07, 6.45) is 2.15. The summed E-state index contributed by atoms with van der Waals surface area (Å²) >= 11 is 6.37. The number of nitrogens with two attached hydrogens (primary N) is 1. The molecule has 2 nitrogen and oxygen atoms in total. The van der Waals surface area contributed by atoms with Gasteiger partial charge in [-0.05, 0) is 30.0 Å². The first-order chi connectivity index (χ1) is 9.29. The molecule has 0 aromatic heterocycles. The Morgan fingerprint density at radius 2 is 2.05 bits per heavy atom. The van der Waals surface area contributed by atoms with Gasteiger partial charge >= 0.3 is 0 Å². The molecule has 0 amide bonds. The fourth-order valence-electron chi connectivity index (χ4n) is 2.51. The minimum Gasteiger partial charge on any atom is -0.493 e. The Bertz CT molecular complexity index is 610. The van der Waals surface area contributed by atoms with E-state index in [-0.39, 0.29) is 0 Å². The van der Waals surface area contributed by atoms with Crippen molar-refractivity contribution in [2.24, 2.45) is 5.73 Å². The molecule has 2 aromatic carbocycles. The van der Waals surface area contributed by atoms with Crippen molar-refractivity contribution in [1.82, 2.24) is 0 Å². The first-order valence-electron chi connectivity index (χ1n) is 6.53. The summed E-state index contributed by atoms with van der Waals surface area (Å²) in [7, 11) is 0. The highest BCUT2D eigenvalue weighted by molar-refractivity contribution is 6.33. The zero-order chi connectivity index (χ0) is 13.2. The number of fused-ring (bicyclic) bond motifs is 1. The van der Waals surface area contributed by atoms with Crippen molar-refractivity contribution in [3.05, 3.63) is 52.5 Å².